The molecule has 9 nitrogen and oxygen atoms in total. The van der Waals surface area contributed by atoms with Gasteiger partial charge in [-0.1, -0.05) is 6.07 Å². The van der Waals surface area contributed by atoms with Crippen LogP contribution in [-0.2, 0) is 24.8 Å². The van der Waals surface area contributed by atoms with Gasteiger partial charge in [-0.05, 0) is 55.3 Å². The first-order valence-corrected chi connectivity index (χ1v) is 11.8. The summed E-state index contributed by atoms with van der Waals surface area (Å²) < 4.78 is 58.1. The third-order valence-corrected chi connectivity index (χ3v) is 7.70. The molecule has 1 aliphatic rings. The summed E-state index contributed by atoms with van der Waals surface area (Å²) >= 11 is 0. The van der Waals surface area contributed by atoms with Crippen LogP contribution in [0, 0.1) is 6.92 Å². The Balaban J connectivity index is 1.85. The molecule has 0 radical (unpaired) electrons. The average Bonchev–Trinajstić information content (AvgIpc) is 3.03. The second-order valence-electron chi connectivity index (χ2n) is 6.49. The summed E-state index contributed by atoms with van der Waals surface area (Å²) in [6.07, 6.45) is -0.133. The molecule has 2 aromatic rings. The van der Waals surface area contributed by atoms with E-state index < -0.39 is 26.1 Å². The van der Waals surface area contributed by atoms with Gasteiger partial charge in [0, 0.05) is 12.2 Å². The second kappa shape index (κ2) is 7.91. The van der Waals surface area contributed by atoms with Crippen LogP contribution in [0.1, 0.15) is 12.0 Å². The van der Waals surface area contributed by atoms with E-state index in [1.807, 2.05) is 0 Å². The number of hydrogen-bond acceptors (Lipinski definition) is 6. The lowest BCUT2D eigenvalue weighted by atomic mass is 10.2. The fourth-order valence-corrected chi connectivity index (χ4v) is 5.57. The minimum atomic E-state index is -3.92. The quantitative estimate of drug-likeness (QED) is 0.738. The molecule has 0 unspecified atom stereocenters. The first-order valence-electron chi connectivity index (χ1n) is 8.71. The molecular weight excluding hydrogens is 418 g/mol. The van der Waals surface area contributed by atoms with Crippen LogP contribution in [0.15, 0.2) is 47.4 Å². The van der Waals surface area contributed by atoms with Gasteiger partial charge in [-0.15, -0.1) is 0 Å². The van der Waals surface area contributed by atoms with Crippen LogP contribution in [0.25, 0.3) is 0 Å². The average molecular weight is 440 g/mol. The van der Waals surface area contributed by atoms with E-state index in [-0.39, 0.29) is 10.6 Å². The van der Waals surface area contributed by atoms with Crippen LogP contribution in [0.4, 0.5) is 21.9 Å². The van der Waals surface area contributed by atoms with Gasteiger partial charge >= 0.3 is 6.09 Å². The lowest BCUT2D eigenvalue weighted by Gasteiger charge is -2.19. The molecule has 0 bridgehead atoms. The number of ether oxygens (including phenoxy) is 1. The number of methoxy groups -OCH3 is 1. The van der Waals surface area contributed by atoms with Gasteiger partial charge in [0.1, 0.15) is 0 Å². The minimum Gasteiger partial charge on any atom is -0.453 e. The summed E-state index contributed by atoms with van der Waals surface area (Å²) in [6.45, 7) is 2.09. The molecule has 1 saturated heterocycles. The van der Waals surface area contributed by atoms with Crippen molar-refractivity contribution in [3.05, 3.63) is 48.0 Å². The Hall–Kier alpha value is -2.79. The number of carbonyl (C=O) groups excluding carboxylic acids is 1. The van der Waals surface area contributed by atoms with Crippen molar-refractivity contribution in [1.29, 1.82) is 0 Å². The third-order valence-electron chi connectivity index (χ3n) is 4.45. The van der Waals surface area contributed by atoms with Crippen molar-refractivity contribution in [2.45, 2.75) is 18.2 Å². The van der Waals surface area contributed by atoms with Gasteiger partial charge in [-0.25, -0.2) is 21.6 Å². The molecule has 29 heavy (non-hydrogen) atoms. The molecule has 0 aromatic heterocycles. The molecule has 0 saturated carbocycles. The Labute approximate surface area is 169 Å². The molecule has 2 N–H and O–H groups in total. The number of sulfonamides is 2. The van der Waals surface area contributed by atoms with Crippen LogP contribution < -0.4 is 14.3 Å². The fraction of sp³-hybridized carbons (Fsp3) is 0.278. The van der Waals surface area contributed by atoms with E-state index in [2.05, 4.69) is 14.8 Å². The molecule has 3 rings (SSSR count). The van der Waals surface area contributed by atoms with Gasteiger partial charge in [-0.2, -0.15) is 0 Å². The van der Waals surface area contributed by atoms with Gasteiger partial charge in [0.25, 0.3) is 10.0 Å². The van der Waals surface area contributed by atoms with E-state index in [0.717, 1.165) is 0 Å². The SMILES string of the molecule is COC(=O)Nc1ccc(S(=O)(=O)Nc2cc(N3CCCS3(=O)=O)ccc2C)cc1. The van der Waals surface area contributed by atoms with Crippen molar-refractivity contribution in [2.75, 3.05) is 33.8 Å². The number of benzene rings is 2. The van der Waals surface area contributed by atoms with E-state index in [1.54, 1.807) is 19.1 Å². The number of hydrogen-bond donors (Lipinski definition) is 2. The zero-order valence-electron chi connectivity index (χ0n) is 15.9. The molecule has 1 amide bonds. The molecule has 11 heteroatoms. The number of anilines is 3. The molecule has 0 aliphatic carbocycles. The zero-order valence-corrected chi connectivity index (χ0v) is 17.5. The van der Waals surface area contributed by atoms with Crippen molar-refractivity contribution >= 4 is 43.2 Å². The van der Waals surface area contributed by atoms with Gasteiger partial charge in [0.2, 0.25) is 10.0 Å². The van der Waals surface area contributed by atoms with Crippen molar-refractivity contribution < 1.29 is 26.4 Å². The number of carbonyl (C=O) groups is 1. The summed E-state index contributed by atoms with van der Waals surface area (Å²) in [5, 5.41) is 2.44. The molecule has 1 aliphatic heterocycles. The molecule has 2 aromatic carbocycles. The predicted octanol–water partition coefficient (Wildman–Crippen LogP) is 2.51. The largest absolute Gasteiger partial charge is 0.453 e. The Morgan fingerprint density at radius 1 is 1.14 bits per heavy atom. The van der Waals surface area contributed by atoms with Crippen LogP contribution in [0.3, 0.4) is 0 Å². The Morgan fingerprint density at radius 2 is 1.83 bits per heavy atom. The topological polar surface area (TPSA) is 122 Å². The zero-order chi connectivity index (χ0) is 21.2. The summed E-state index contributed by atoms with van der Waals surface area (Å²) in [5.41, 5.74) is 1.75. The monoisotopic (exact) mass is 439 g/mol. The normalized spacial score (nSPS) is 15.7. The summed E-state index contributed by atoms with van der Waals surface area (Å²) in [6, 6.07) is 10.4. The van der Waals surface area contributed by atoms with E-state index in [1.165, 1.54) is 41.7 Å². The van der Waals surface area contributed by atoms with Gasteiger partial charge in [0.05, 0.1) is 29.1 Å². The van der Waals surface area contributed by atoms with Crippen LogP contribution in [-0.4, -0.2) is 42.3 Å². The van der Waals surface area contributed by atoms with Gasteiger partial charge in [-0.3, -0.25) is 14.3 Å². The van der Waals surface area contributed by atoms with Gasteiger partial charge in [0.15, 0.2) is 0 Å². The first kappa shape index (κ1) is 20.9. The molecule has 1 fully saturated rings. The Bertz CT molecular complexity index is 1130. The summed E-state index contributed by atoms with van der Waals surface area (Å²) in [5.74, 6) is 0.0773. The Kier molecular flexibility index (Phi) is 5.71. The van der Waals surface area contributed by atoms with Crippen LogP contribution >= 0.6 is 0 Å². The smallest absolute Gasteiger partial charge is 0.411 e. The minimum absolute atomic E-state index is 0.00786. The highest BCUT2D eigenvalue weighted by molar-refractivity contribution is 7.93. The highest BCUT2D eigenvalue weighted by atomic mass is 32.2. The number of amides is 1. The number of nitrogens with zero attached hydrogens (tertiary/aromatic N) is 1. The molecular formula is C18H21N3O6S2. The van der Waals surface area contributed by atoms with E-state index >= 15 is 0 Å². The second-order valence-corrected chi connectivity index (χ2v) is 10.2. The highest BCUT2D eigenvalue weighted by Gasteiger charge is 2.29. The number of rotatable bonds is 5. The Morgan fingerprint density at radius 3 is 2.41 bits per heavy atom. The number of aryl methyl sites for hydroxylation is 1. The van der Waals surface area contributed by atoms with Crippen molar-refractivity contribution in [3.8, 4) is 0 Å². The highest BCUT2D eigenvalue weighted by Crippen LogP contribution is 2.30. The first-order chi connectivity index (χ1) is 13.6. The van der Waals surface area contributed by atoms with E-state index in [4.69, 9.17) is 0 Å². The fourth-order valence-electron chi connectivity index (χ4n) is 2.89. The van der Waals surface area contributed by atoms with Gasteiger partial charge < -0.3 is 4.74 Å². The van der Waals surface area contributed by atoms with Crippen molar-refractivity contribution in [3.63, 3.8) is 0 Å². The van der Waals surface area contributed by atoms with Crippen molar-refractivity contribution in [2.24, 2.45) is 0 Å². The standard InChI is InChI=1S/C18H21N3O6S2/c1-13-4-7-15(21-10-3-11-28(21,23)24)12-17(13)20-29(25,26)16-8-5-14(6-9-16)19-18(22)27-2/h4-9,12,20H,3,10-11H2,1-2H3,(H,19,22). The molecule has 0 spiro atoms. The summed E-state index contributed by atoms with van der Waals surface area (Å²) in [4.78, 5) is 11.2. The molecule has 156 valence electrons. The predicted molar refractivity (Wildman–Crippen MR) is 110 cm³/mol. The van der Waals surface area contributed by atoms with E-state index in [0.29, 0.717) is 35.6 Å². The van der Waals surface area contributed by atoms with Crippen LogP contribution in [0.5, 0.6) is 0 Å². The molecule has 1 heterocycles. The maximum atomic E-state index is 12.7. The lowest BCUT2D eigenvalue weighted by molar-refractivity contribution is 0.187. The number of nitrogens with one attached hydrogen (secondary N) is 2. The van der Waals surface area contributed by atoms with Crippen molar-refractivity contribution in [1.82, 2.24) is 0 Å². The summed E-state index contributed by atoms with van der Waals surface area (Å²) in [7, 11) is -6.06. The maximum Gasteiger partial charge on any atom is 0.411 e. The maximum absolute atomic E-state index is 12.7. The third kappa shape index (κ3) is 4.62. The lowest BCUT2D eigenvalue weighted by Crippen LogP contribution is -2.25. The molecule has 0 atom stereocenters. The van der Waals surface area contributed by atoms with Crippen LogP contribution in [0.2, 0.25) is 0 Å². The van der Waals surface area contributed by atoms with E-state index in [9.17, 15) is 21.6 Å².